The van der Waals surface area contributed by atoms with Crippen molar-refractivity contribution in [3.8, 4) is 0 Å². The maximum atomic E-state index is 13.1. The standard InChI is InChI=1S/C19H25N3O2/c23-18-12-15(13-22(18)16-4-1-2-5-16)19(24)21-11-3-6-17(21)14-7-9-20-10-8-14/h7-10,15-17H,1-6,11-13H2/t15-,17+/m1/s1. The van der Waals surface area contributed by atoms with Crippen molar-refractivity contribution in [1.82, 2.24) is 14.8 Å². The maximum absolute atomic E-state index is 13.1. The van der Waals surface area contributed by atoms with E-state index in [1.54, 1.807) is 12.4 Å². The fourth-order valence-electron chi connectivity index (χ4n) is 4.66. The van der Waals surface area contributed by atoms with Crippen LogP contribution >= 0.6 is 0 Å². The van der Waals surface area contributed by atoms with Crippen LogP contribution in [0.25, 0.3) is 0 Å². The van der Waals surface area contributed by atoms with Crippen LogP contribution in [0.4, 0.5) is 0 Å². The van der Waals surface area contributed by atoms with Gasteiger partial charge in [0.1, 0.15) is 0 Å². The van der Waals surface area contributed by atoms with E-state index < -0.39 is 0 Å². The van der Waals surface area contributed by atoms with Crippen LogP contribution in [0.5, 0.6) is 0 Å². The average molecular weight is 327 g/mol. The summed E-state index contributed by atoms with van der Waals surface area (Å²) in [5.41, 5.74) is 1.16. The summed E-state index contributed by atoms with van der Waals surface area (Å²) < 4.78 is 0. The zero-order valence-corrected chi connectivity index (χ0v) is 14.1. The second-order valence-electron chi connectivity index (χ2n) is 7.36. The zero-order valence-electron chi connectivity index (χ0n) is 14.1. The van der Waals surface area contributed by atoms with E-state index in [4.69, 9.17) is 0 Å². The van der Waals surface area contributed by atoms with E-state index >= 15 is 0 Å². The Morgan fingerprint density at radius 3 is 2.58 bits per heavy atom. The molecular weight excluding hydrogens is 302 g/mol. The third-order valence-corrected chi connectivity index (χ3v) is 5.90. The van der Waals surface area contributed by atoms with Crippen molar-refractivity contribution in [2.75, 3.05) is 13.1 Å². The Morgan fingerprint density at radius 2 is 1.83 bits per heavy atom. The van der Waals surface area contributed by atoms with Gasteiger partial charge in [-0.3, -0.25) is 14.6 Å². The lowest BCUT2D eigenvalue weighted by atomic mass is 10.0. The second-order valence-corrected chi connectivity index (χ2v) is 7.36. The number of likely N-dealkylation sites (tertiary alicyclic amines) is 2. The maximum Gasteiger partial charge on any atom is 0.228 e. The molecule has 24 heavy (non-hydrogen) atoms. The monoisotopic (exact) mass is 327 g/mol. The first-order valence-electron chi connectivity index (χ1n) is 9.24. The first-order chi connectivity index (χ1) is 11.7. The third kappa shape index (κ3) is 2.80. The van der Waals surface area contributed by atoms with Gasteiger partial charge in [-0.2, -0.15) is 0 Å². The van der Waals surface area contributed by atoms with E-state index in [9.17, 15) is 9.59 Å². The quantitative estimate of drug-likeness (QED) is 0.857. The van der Waals surface area contributed by atoms with Gasteiger partial charge in [-0.15, -0.1) is 0 Å². The highest BCUT2D eigenvalue weighted by atomic mass is 16.2. The highest BCUT2D eigenvalue weighted by Gasteiger charge is 2.42. The lowest BCUT2D eigenvalue weighted by Gasteiger charge is -2.28. The van der Waals surface area contributed by atoms with Gasteiger partial charge in [0.15, 0.2) is 0 Å². The number of aromatic nitrogens is 1. The van der Waals surface area contributed by atoms with Gasteiger partial charge in [-0.25, -0.2) is 0 Å². The molecule has 4 rings (SSSR count). The predicted molar refractivity (Wildman–Crippen MR) is 90.0 cm³/mol. The number of rotatable bonds is 3. The van der Waals surface area contributed by atoms with E-state index in [-0.39, 0.29) is 23.8 Å². The smallest absolute Gasteiger partial charge is 0.228 e. The van der Waals surface area contributed by atoms with Crippen LogP contribution in [0.15, 0.2) is 24.5 Å². The van der Waals surface area contributed by atoms with E-state index in [0.29, 0.717) is 19.0 Å². The minimum atomic E-state index is -0.152. The summed E-state index contributed by atoms with van der Waals surface area (Å²) in [5.74, 6) is 0.198. The third-order valence-electron chi connectivity index (χ3n) is 5.90. The molecule has 0 spiro atoms. The van der Waals surface area contributed by atoms with Gasteiger partial charge in [0.05, 0.1) is 12.0 Å². The molecule has 2 amide bonds. The minimum absolute atomic E-state index is 0.149. The SMILES string of the molecule is O=C1C[C@@H](C(=O)N2CCC[C@H]2c2ccncc2)CN1C1CCCC1. The molecule has 1 aliphatic carbocycles. The molecule has 128 valence electrons. The molecule has 2 aliphatic heterocycles. The van der Waals surface area contributed by atoms with Crippen molar-refractivity contribution in [2.45, 2.75) is 57.0 Å². The molecule has 1 saturated carbocycles. The summed E-state index contributed by atoms with van der Waals surface area (Å²) in [4.78, 5) is 33.5. The van der Waals surface area contributed by atoms with Gasteiger partial charge in [0.25, 0.3) is 0 Å². The number of hydrogen-bond acceptors (Lipinski definition) is 3. The Kier molecular flexibility index (Phi) is 4.25. The molecule has 0 bridgehead atoms. The predicted octanol–water partition coefficient (Wildman–Crippen LogP) is 2.54. The molecule has 3 fully saturated rings. The van der Waals surface area contributed by atoms with E-state index in [1.165, 1.54) is 12.8 Å². The van der Waals surface area contributed by atoms with Crippen LogP contribution in [0, 0.1) is 5.92 Å². The Balaban J connectivity index is 1.46. The van der Waals surface area contributed by atoms with Crippen molar-refractivity contribution < 1.29 is 9.59 Å². The number of hydrogen-bond donors (Lipinski definition) is 0. The first kappa shape index (κ1) is 15.6. The molecular formula is C19H25N3O2. The lowest BCUT2D eigenvalue weighted by molar-refractivity contribution is -0.136. The number of carbonyl (C=O) groups excluding carboxylic acids is 2. The largest absolute Gasteiger partial charge is 0.339 e. The fourth-order valence-corrected chi connectivity index (χ4v) is 4.66. The number of nitrogens with zero attached hydrogens (tertiary/aromatic N) is 3. The summed E-state index contributed by atoms with van der Waals surface area (Å²) in [6.45, 7) is 1.43. The molecule has 0 aromatic carbocycles. The van der Waals surface area contributed by atoms with Crippen molar-refractivity contribution in [1.29, 1.82) is 0 Å². The summed E-state index contributed by atoms with van der Waals surface area (Å²) in [6.07, 6.45) is 10.6. The van der Waals surface area contributed by atoms with Gasteiger partial charge in [-0.05, 0) is 43.4 Å². The van der Waals surface area contributed by atoms with Crippen molar-refractivity contribution >= 4 is 11.8 Å². The molecule has 0 unspecified atom stereocenters. The van der Waals surface area contributed by atoms with Gasteiger partial charge in [-0.1, -0.05) is 12.8 Å². The summed E-state index contributed by atoms with van der Waals surface area (Å²) >= 11 is 0. The minimum Gasteiger partial charge on any atom is -0.339 e. The average Bonchev–Trinajstić information content (AvgIpc) is 3.35. The van der Waals surface area contributed by atoms with Gasteiger partial charge < -0.3 is 9.80 Å². The summed E-state index contributed by atoms with van der Waals surface area (Å²) in [6, 6.07) is 4.53. The first-order valence-corrected chi connectivity index (χ1v) is 9.24. The van der Waals surface area contributed by atoms with Crippen molar-refractivity contribution in [3.63, 3.8) is 0 Å². The fraction of sp³-hybridized carbons (Fsp3) is 0.632. The molecule has 1 aromatic heterocycles. The van der Waals surface area contributed by atoms with Gasteiger partial charge in [0.2, 0.25) is 11.8 Å². The molecule has 2 saturated heterocycles. The number of carbonyl (C=O) groups is 2. The van der Waals surface area contributed by atoms with E-state index in [1.807, 2.05) is 21.9 Å². The van der Waals surface area contributed by atoms with Crippen molar-refractivity contribution in [2.24, 2.45) is 5.92 Å². The van der Waals surface area contributed by atoms with Crippen molar-refractivity contribution in [3.05, 3.63) is 30.1 Å². The molecule has 3 aliphatic rings. The Bertz CT molecular complexity index is 612. The molecule has 5 heteroatoms. The van der Waals surface area contributed by atoms with Crippen LogP contribution in [0.1, 0.15) is 56.6 Å². The van der Waals surface area contributed by atoms with E-state index in [2.05, 4.69) is 4.98 Å². The van der Waals surface area contributed by atoms with Gasteiger partial charge >= 0.3 is 0 Å². The summed E-state index contributed by atoms with van der Waals surface area (Å²) in [5, 5.41) is 0. The molecule has 2 atom stereocenters. The highest BCUT2D eigenvalue weighted by Crippen LogP contribution is 2.35. The number of pyridine rings is 1. The van der Waals surface area contributed by atoms with Crippen LogP contribution in [-0.2, 0) is 9.59 Å². The molecule has 3 heterocycles. The van der Waals surface area contributed by atoms with Gasteiger partial charge in [0, 0.05) is 37.9 Å². The second kappa shape index (κ2) is 6.54. The van der Waals surface area contributed by atoms with Crippen LogP contribution in [0.3, 0.4) is 0 Å². The Labute approximate surface area is 143 Å². The summed E-state index contributed by atoms with van der Waals surface area (Å²) in [7, 11) is 0. The molecule has 5 nitrogen and oxygen atoms in total. The van der Waals surface area contributed by atoms with Crippen LogP contribution in [-0.4, -0.2) is 45.7 Å². The molecule has 0 radical (unpaired) electrons. The van der Waals surface area contributed by atoms with Crippen LogP contribution in [0.2, 0.25) is 0 Å². The normalized spacial score (nSPS) is 28.1. The topological polar surface area (TPSA) is 53.5 Å². The highest BCUT2D eigenvalue weighted by molar-refractivity contribution is 5.89. The number of amides is 2. The molecule has 1 aromatic rings. The molecule has 0 N–H and O–H groups in total. The van der Waals surface area contributed by atoms with Crippen LogP contribution < -0.4 is 0 Å². The van der Waals surface area contributed by atoms with E-state index in [0.717, 1.165) is 37.8 Å². The Hall–Kier alpha value is -1.91. The zero-order chi connectivity index (χ0) is 16.5. The lowest BCUT2D eigenvalue weighted by Crippen LogP contribution is -2.38. The Morgan fingerprint density at radius 1 is 1.08 bits per heavy atom.